The van der Waals surface area contributed by atoms with E-state index >= 15 is 0 Å². The van der Waals surface area contributed by atoms with Crippen molar-refractivity contribution in [1.29, 1.82) is 0 Å². The van der Waals surface area contributed by atoms with Gasteiger partial charge in [-0.05, 0) is 82.2 Å². The Morgan fingerprint density at radius 1 is 0.979 bits per heavy atom. The van der Waals surface area contributed by atoms with Crippen LogP contribution in [-0.2, 0) is 36.3 Å². The van der Waals surface area contributed by atoms with Crippen LogP contribution in [0.4, 0.5) is 0 Å². The van der Waals surface area contributed by atoms with Gasteiger partial charge in [0.2, 0.25) is 0 Å². The van der Waals surface area contributed by atoms with Crippen molar-refractivity contribution in [2.75, 3.05) is 27.3 Å². The van der Waals surface area contributed by atoms with Gasteiger partial charge in [-0.25, -0.2) is 9.52 Å². The molecular formula is C36H49N3O8S. The van der Waals surface area contributed by atoms with Gasteiger partial charge >= 0.3 is 22.1 Å². The second-order valence-electron chi connectivity index (χ2n) is 13.4. The SMILES string of the molecule is COC(=O)COc1ccccc1-c1c(C2CCCCC2)c2ccc(C(=O)NS(=O)(=O)N(C)CCCCCC(=O)OC(C)(C)C)cc2n1C. The monoisotopic (exact) mass is 683 g/mol. The number of ether oxygens (including phenoxy) is 3. The highest BCUT2D eigenvalue weighted by Gasteiger charge is 2.28. The molecule has 1 fully saturated rings. The summed E-state index contributed by atoms with van der Waals surface area (Å²) in [5, 5.41) is 0.991. The summed E-state index contributed by atoms with van der Waals surface area (Å²) in [5.74, 6) is -0.645. The van der Waals surface area contributed by atoms with E-state index in [9.17, 15) is 22.8 Å². The van der Waals surface area contributed by atoms with E-state index in [-0.39, 0.29) is 31.1 Å². The van der Waals surface area contributed by atoms with Crippen LogP contribution < -0.4 is 9.46 Å². The largest absolute Gasteiger partial charge is 0.481 e. The van der Waals surface area contributed by atoms with Crippen LogP contribution in [0.3, 0.4) is 0 Å². The summed E-state index contributed by atoms with van der Waals surface area (Å²) < 4.78 is 47.5. The first kappa shape index (κ1) is 36.9. The highest BCUT2D eigenvalue weighted by molar-refractivity contribution is 7.87. The number of unbranched alkanes of at least 4 members (excludes halogenated alkanes) is 2. The van der Waals surface area contributed by atoms with Crippen LogP contribution >= 0.6 is 0 Å². The predicted octanol–water partition coefficient (Wildman–Crippen LogP) is 6.25. The molecule has 1 aliphatic rings. The first-order valence-electron chi connectivity index (χ1n) is 16.6. The third-order valence-electron chi connectivity index (χ3n) is 8.64. The van der Waals surface area contributed by atoms with Gasteiger partial charge in [0.05, 0.1) is 12.8 Å². The summed E-state index contributed by atoms with van der Waals surface area (Å²) >= 11 is 0. The Morgan fingerprint density at radius 2 is 1.69 bits per heavy atom. The molecule has 0 spiro atoms. The fourth-order valence-corrected chi connectivity index (χ4v) is 7.15. The van der Waals surface area contributed by atoms with Crippen molar-refractivity contribution >= 4 is 39.0 Å². The number of para-hydroxylation sites is 1. The minimum Gasteiger partial charge on any atom is -0.481 e. The average molecular weight is 684 g/mol. The molecule has 4 rings (SSSR count). The molecule has 1 amide bonds. The van der Waals surface area contributed by atoms with Gasteiger partial charge < -0.3 is 18.8 Å². The molecule has 1 aromatic heterocycles. The van der Waals surface area contributed by atoms with Crippen LogP contribution in [-0.4, -0.2) is 68.0 Å². The number of methoxy groups -OCH3 is 1. The van der Waals surface area contributed by atoms with Gasteiger partial charge in [-0.1, -0.05) is 43.9 Å². The van der Waals surface area contributed by atoms with E-state index in [0.29, 0.717) is 30.9 Å². The Hall–Kier alpha value is -3.90. The molecule has 2 aromatic carbocycles. The molecule has 1 heterocycles. The molecule has 0 unspecified atom stereocenters. The fraction of sp³-hybridized carbons (Fsp3) is 0.528. The van der Waals surface area contributed by atoms with Crippen molar-refractivity contribution in [3.05, 3.63) is 53.6 Å². The number of nitrogens with zero attached hydrogens (tertiary/aromatic N) is 2. The third kappa shape index (κ3) is 9.37. The number of carbonyl (C=O) groups is 3. The van der Waals surface area contributed by atoms with E-state index in [1.807, 2.05) is 62.7 Å². The standard InChI is InChI=1S/C36H49N3O8S/c1-36(2,3)47-31(40)19-11-8-14-22-38(4)48(43,44)37-35(42)26-20-21-27-29(23-26)39(5)34(33(27)25-15-9-7-10-16-25)28-17-12-13-18-30(28)46-24-32(41)45-6/h12-13,17-18,20-21,23,25H,7-11,14-16,19,22,24H2,1-6H3,(H,37,42). The Bertz CT molecular complexity index is 1720. The lowest BCUT2D eigenvalue weighted by molar-refractivity contribution is -0.155. The number of amides is 1. The van der Waals surface area contributed by atoms with E-state index < -0.39 is 27.7 Å². The molecule has 1 saturated carbocycles. The van der Waals surface area contributed by atoms with Gasteiger partial charge in [-0.2, -0.15) is 12.7 Å². The van der Waals surface area contributed by atoms with E-state index in [0.717, 1.165) is 57.7 Å². The molecule has 0 bridgehead atoms. The number of nitrogens with one attached hydrogen (secondary N) is 1. The average Bonchev–Trinajstić information content (AvgIpc) is 3.33. The van der Waals surface area contributed by atoms with Gasteiger partial charge in [-0.15, -0.1) is 0 Å². The van der Waals surface area contributed by atoms with Crippen molar-refractivity contribution in [2.45, 2.75) is 90.1 Å². The summed E-state index contributed by atoms with van der Waals surface area (Å²) in [6, 6.07) is 12.8. The van der Waals surface area contributed by atoms with Gasteiger partial charge in [0, 0.05) is 49.1 Å². The van der Waals surface area contributed by atoms with Crippen molar-refractivity contribution in [1.82, 2.24) is 13.6 Å². The molecule has 1 aliphatic carbocycles. The lowest BCUT2D eigenvalue weighted by Crippen LogP contribution is -2.41. The second-order valence-corrected chi connectivity index (χ2v) is 15.2. The molecule has 1 N–H and O–H groups in total. The van der Waals surface area contributed by atoms with Crippen molar-refractivity contribution < 1.29 is 37.0 Å². The molecule has 262 valence electrons. The summed E-state index contributed by atoms with van der Waals surface area (Å²) in [4.78, 5) is 37.1. The minimum atomic E-state index is -4.10. The van der Waals surface area contributed by atoms with Gasteiger partial charge in [0.15, 0.2) is 6.61 Å². The van der Waals surface area contributed by atoms with Crippen molar-refractivity contribution in [3.63, 3.8) is 0 Å². The maximum atomic E-state index is 13.3. The molecule has 48 heavy (non-hydrogen) atoms. The first-order valence-corrected chi connectivity index (χ1v) is 18.1. The smallest absolute Gasteiger partial charge is 0.343 e. The number of hydrogen-bond acceptors (Lipinski definition) is 8. The van der Waals surface area contributed by atoms with Crippen LogP contribution in [0.25, 0.3) is 22.2 Å². The molecule has 0 aliphatic heterocycles. The number of aromatic nitrogens is 1. The van der Waals surface area contributed by atoms with Crippen LogP contribution in [0, 0.1) is 0 Å². The third-order valence-corrected chi connectivity index (χ3v) is 10.1. The topological polar surface area (TPSA) is 133 Å². The summed E-state index contributed by atoms with van der Waals surface area (Å²) in [6.07, 6.45) is 7.51. The maximum Gasteiger partial charge on any atom is 0.343 e. The predicted molar refractivity (Wildman–Crippen MR) is 185 cm³/mol. The van der Waals surface area contributed by atoms with E-state index in [2.05, 4.69) is 4.72 Å². The first-order chi connectivity index (χ1) is 22.7. The van der Waals surface area contributed by atoms with Crippen LogP contribution in [0.5, 0.6) is 5.75 Å². The Balaban J connectivity index is 1.54. The van der Waals surface area contributed by atoms with E-state index in [4.69, 9.17) is 14.2 Å². The highest BCUT2D eigenvalue weighted by Crippen LogP contribution is 2.45. The van der Waals surface area contributed by atoms with Gasteiger partial charge in [-0.3, -0.25) is 9.59 Å². The zero-order valence-corrected chi connectivity index (χ0v) is 29.8. The second kappa shape index (κ2) is 16.0. The molecule has 3 aromatic rings. The van der Waals surface area contributed by atoms with Crippen molar-refractivity contribution in [3.8, 4) is 17.0 Å². The van der Waals surface area contributed by atoms with Gasteiger partial charge in [0.25, 0.3) is 5.91 Å². The quantitative estimate of drug-likeness (QED) is 0.156. The van der Waals surface area contributed by atoms with Crippen molar-refractivity contribution in [2.24, 2.45) is 7.05 Å². The lowest BCUT2D eigenvalue weighted by atomic mass is 9.81. The Kier molecular flexibility index (Phi) is 12.3. The number of benzene rings is 2. The lowest BCUT2D eigenvalue weighted by Gasteiger charge is -2.24. The Labute approximate surface area is 284 Å². The molecular weight excluding hydrogens is 634 g/mol. The minimum absolute atomic E-state index is 0.194. The molecule has 0 atom stereocenters. The number of carbonyl (C=O) groups excluding carboxylic acids is 3. The summed E-state index contributed by atoms with van der Waals surface area (Å²) in [7, 11) is 0.564. The number of rotatable bonds is 14. The maximum absolute atomic E-state index is 13.3. The van der Waals surface area contributed by atoms with Crippen LogP contribution in [0.2, 0.25) is 0 Å². The zero-order chi connectivity index (χ0) is 35.1. The number of hydrogen-bond donors (Lipinski definition) is 1. The van der Waals surface area contributed by atoms with Crippen LogP contribution in [0.15, 0.2) is 42.5 Å². The number of esters is 2. The van der Waals surface area contributed by atoms with Crippen LogP contribution in [0.1, 0.15) is 100 Å². The number of aryl methyl sites for hydroxylation is 1. The number of fused-ring (bicyclic) bond motifs is 1. The molecule has 0 saturated heterocycles. The van der Waals surface area contributed by atoms with E-state index in [1.165, 1.54) is 20.6 Å². The van der Waals surface area contributed by atoms with Gasteiger partial charge in [0.1, 0.15) is 11.4 Å². The summed E-state index contributed by atoms with van der Waals surface area (Å²) in [5.41, 5.74) is 3.39. The molecule has 11 nitrogen and oxygen atoms in total. The van der Waals surface area contributed by atoms with E-state index in [1.54, 1.807) is 12.1 Å². The fourth-order valence-electron chi connectivity index (χ4n) is 6.27. The zero-order valence-electron chi connectivity index (χ0n) is 29.0. The highest BCUT2D eigenvalue weighted by atomic mass is 32.2. The molecule has 12 heteroatoms. The summed E-state index contributed by atoms with van der Waals surface area (Å²) in [6.45, 7) is 5.41. The normalized spacial score (nSPS) is 14.2. The molecule has 0 radical (unpaired) electrons. The Morgan fingerprint density at radius 3 is 2.38 bits per heavy atom.